The van der Waals surface area contributed by atoms with Gasteiger partial charge in [0.05, 0.1) is 0 Å². The second kappa shape index (κ2) is 5.94. The topological polar surface area (TPSA) is 26.0 Å². The van der Waals surface area contributed by atoms with Crippen molar-refractivity contribution in [2.75, 3.05) is 0 Å². The van der Waals surface area contributed by atoms with Gasteiger partial charge in [-0.05, 0) is 35.7 Å². The predicted molar refractivity (Wildman–Crippen MR) is 71.6 cm³/mol. The highest BCUT2D eigenvalue weighted by molar-refractivity contribution is 5.85. The molecule has 0 aliphatic carbocycles. The molecule has 0 bridgehead atoms. The molecule has 0 heterocycles. The highest BCUT2D eigenvalue weighted by Crippen LogP contribution is 2.28. The third-order valence-electron chi connectivity index (χ3n) is 2.62. The van der Waals surface area contributed by atoms with Crippen LogP contribution < -0.4 is 5.73 Å². The van der Waals surface area contributed by atoms with Crippen molar-refractivity contribution in [2.45, 2.75) is 13.0 Å². The molecule has 96 valence electrons. The van der Waals surface area contributed by atoms with Gasteiger partial charge < -0.3 is 5.73 Å². The van der Waals surface area contributed by atoms with Crippen LogP contribution in [0.25, 0.3) is 11.1 Å². The Bertz CT molecular complexity index is 521. The van der Waals surface area contributed by atoms with Gasteiger partial charge in [0, 0.05) is 12.1 Å². The van der Waals surface area contributed by atoms with E-state index in [0.717, 1.165) is 17.2 Å². The van der Waals surface area contributed by atoms with Crippen molar-refractivity contribution < 1.29 is 8.78 Å². The zero-order valence-electron chi connectivity index (χ0n) is 9.86. The minimum Gasteiger partial charge on any atom is -0.324 e. The fourth-order valence-electron chi connectivity index (χ4n) is 1.87. The van der Waals surface area contributed by atoms with Crippen LogP contribution in [0.3, 0.4) is 0 Å². The summed E-state index contributed by atoms with van der Waals surface area (Å²) in [5.41, 5.74) is 7.99. The van der Waals surface area contributed by atoms with Crippen molar-refractivity contribution in [1.82, 2.24) is 0 Å². The third kappa shape index (κ3) is 3.06. The lowest BCUT2D eigenvalue weighted by Gasteiger charge is -2.12. The molecule has 2 N–H and O–H groups in total. The summed E-state index contributed by atoms with van der Waals surface area (Å²) < 4.78 is 26.4. The Kier molecular flexibility index (Phi) is 4.82. The van der Waals surface area contributed by atoms with Gasteiger partial charge in [0.2, 0.25) is 0 Å². The van der Waals surface area contributed by atoms with E-state index in [1.54, 1.807) is 0 Å². The summed E-state index contributed by atoms with van der Waals surface area (Å²) in [6, 6.07) is 10.7. The van der Waals surface area contributed by atoms with Crippen LogP contribution in [0.5, 0.6) is 0 Å². The van der Waals surface area contributed by atoms with Gasteiger partial charge in [-0.3, -0.25) is 0 Å². The van der Waals surface area contributed by atoms with Crippen LogP contribution in [0.1, 0.15) is 18.5 Å². The van der Waals surface area contributed by atoms with E-state index in [9.17, 15) is 8.78 Å². The summed E-state index contributed by atoms with van der Waals surface area (Å²) >= 11 is 0. The van der Waals surface area contributed by atoms with Crippen molar-refractivity contribution >= 4 is 12.4 Å². The van der Waals surface area contributed by atoms with E-state index in [-0.39, 0.29) is 18.4 Å². The molecule has 4 heteroatoms. The maximum atomic E-state index is 13.2. The van der Waals surface area contributed by atoms with Crippen molar-refractivity contribution in [3.8, 4) is 11.1 Å². The van der Waals surface area contributed by atoms with Gasteiger partial charge in [0.1, 0.15) is 11.6 Å². The van der Waals surface area contributed by atoms with Gasteiger partial charge in [0.25, 0.3) is 0 Å². The second-order valence-corrected chi connectivity index (χ2v) is 4.03. The molecule has 2 aromatic carbocycles. The molecule has 0 spiro atoms. The van der Waals surface area contributed by atoms with Crippen LogP contribution in [0.15, 0.2) is 42.5 Å². The molecule has 2 aromatic rings. The Morgan fingerprint density at radius 1 is 1.00 bits per heavy atom. The summed E-state index contributed by atoms with van der Waals surface area (Å²) in [7, 11) is 0. The largest absolute Gasteiger partial charge is 0.324 e. The highest BCUT2D eigenvalue weighted by atomic mass is 35.5. The molecule has 0 radical (unpaired) electrons. The normalized spacial score (nSPS) is 11.8. The van der Waals surface area contributed by atoms with Gasteiger partial charge in [-0.25, -0.2) is 8.78 Å². The SMILES string of the molecule is CC(N)c1ccccc1-c1cc(F)cc(F)c1.Cl. The average molecular weight is 270 g/mol. The number of halogens is 3. The maximum Gasteiger partial charge on any atom is 0.126 e. The second-order valence-electron chi connectivity index (χ2n) is 4.03. The lowest BCUT2D eigenvalue weighted by Crippen LogP contribution is -2.06. The monoisotopic (exact) mass is 269 g/mol. The van der Waals surface area contributed by atoms with Crippen LogP contribution >= 0.6 is 12.4 Å². The average Bonchev–Trinajstić information content (AvgIpc) is 2.27. The minimum absolute atomic E-state index is 0. The summed E-state index contributed by atoms with van der Waals surface area (Å²) in [6.45, 7) is 1.84. The number of hydrogen-bond acceptors (Lipinski definition) is 1. The Balaban J connectivity index is 0.00000162. The summed E-state index contributed by atoms with van der Waals surface area (Å²) in [4.78, 5) is 0. The summed E-state index contributed by atoms with van der Waals surface area (Å²) in [5, 5.41) is 0. The van der Waals surface area contributed by atoms with Crippen molar-refractivity contribution in [1.29, 1.82) is 0 Å². The molecule has 18 heavy (non-hydrogen) atoms. The molecule has 1 unspecified atom stereocenters. The van der Waals surface area contributed by atoms with E-state index < -0.39 is 11.6 Å². The Labute approximate surface area is 111 Å². The Morgan fingerprint density at radius 2 is 1.56 bits per heavy atom. The first-order chi connectivity index (χ1) is 8.08. The van der Waals surface area contributed by atoms with Gasteiger partial charge in [-0.15, -0.1) is 12.4 Å². The third-order valence-corrected chi connectivity index (χ3v) is 2.62. The zero-order valence-corrected chi connectivity index (χ0v) is 10.7. The van der Waals surface area contributed by atoms with Crippen molar-refractivity contribution in [3.63, 3.8) is 0 Å². The molecule has 0 aliphatic heterocycles. The molecule has 0 saturated heterocycles. The summed E-state index contributed by atoms with van der Waals surface area (Å²) in [6.07, 6.45) is 0. The maximum absolute atomic E-state index is 13.2. The van der Waals surface area contributed by atoms with Crippen LogP contribution in [0, 0.1) is 11.6 Å². The number of hydrogen-bond donors (Lipinski definition) is 1. The highest BCUT2D eigenvalue weighted by Gasteiger charge is 2.10. The fraction of sp³-hybridized carbons (Fsp3) is 0.143. The molecule has 0 fully saturated rings. The molecule has 0 saturated carbocycles. The Morgan fingerprint density at radius 3 is 2.11 bits per heavy atom. The quantitative estimate of drug-likeness (QED) is 0.874. The van der Waals surface area contributed by atoms with E-state index in [1.807, 2.05) is 31.2 Å². The first-order valence-electron chi connectivity index (χ1n) is 5.39. The van der Waals surface area contributed by atoms with Crippen LogP contribution in [0.4, 0.5) is 8.78 Å². The molecule has 0 aliphatic rings. The molecule has 1 atom stereocenters. The molecule has 1 nitrogen and oxygen atoms in total. The molecule has 0 amide bonds. The van der Waals surface area contributed by atoms with Crippen LogP contribution in [-0.4, -0.2) is 0 Å². The minimum atomic E-state index is -0.584. The Hall–Kier alpha value is -1.45. The van der Waals surface area contributed by atoms with E-state index >= 15 is 0 Å². The number of nitrogens with two attached hydrogens (primary N) is 1. The predicted octanol–water partition coefficient (Wildman–Crippen LogP) is 4.07. The molecular formula is C14H14ClF2N. The van der Waals surface area contributed by atoms with E-state index in [2.05, 4.69) is 0 Å². The van der Waals surface area contributed by atoms with Crippen LogP contribution in [-0.2, 0) is 0 Å². The fourth-order valence-corrected chi connectivity index (χ4v) is 1.87. The van der Waals surface area contributed by atoms with Crippen molar-refractivity contribution in [3.05, 3.63) is 59.7 Å². The van der Waals surface area contributed by atoms with Crippen LogP contribution in [0.2, 0.25) is 0 Å². The smallest absolute Gasteiger partial charge is 0.126 e. The van der Waals surface area contributed by atoms with Crippen molar-refractivity contribution in [2.24, 2.45) is 5.73 Å². The van der Waals surface area contributed by atoms with E-state index in [0.29, 0.717) is 5.56 Å². The number of rotatable bonds is 2. The van der Waals surface area contributed by atoms with E-state index in [4.69, 9.17) is 5.73 Å². The lowest BCUT2D eigenvalue weighted by atomic mass is 9.96. The molecule has 2 rings (SSSR count). The lowest BCUT2D eigenvalue weighted by molar-refractivity contribution is 0.584. The summed E-state index contributed by atoms with van der Waals surface area (Å²) in [5.74, 6) is -1.17. The van der Waals surface area contributed by atoms with Gasteiger partial charge in [-0.1, -0.05) is 24.3 Å². The zero-order chi connectivity index (χ0) is 12.4. The molecule has 0 aromatic heterocycles. The van der Waals surface area contributed by atoms with Gasteiger partial charge >= 0.3 is 0 Å². The molecular weight excluding hydrogens is 256 g/mol. The van der Waals surface area contributed by atoms with E-state index in [1.165, 1.54) is 12.1 Å². The standard InChI is InChI=1S/C14H13F2N.ClH/c1-9(17)13-4-2-3-5-14(13)10-6-11(15)8-12(16)7-10;/h2-9H,17H2,1H3;1H. The number of benzene rings is 2. The first kappa shape index (κ1) is 14.6. The van der Waals surface area contributed by atoms with Gasteiger partial charge in [-0.2, -0.15) is 0 Å². The van der Waals surface area contributed by atoms with Gasteiger partial charge in [0.15, 0.2) is 0 Å². The first-order valence-corrected chi connectivity index (χ1v) is 5.39.